The third-order valence-electron chi connectivity index (χ3n) is 2.24. The maximum absolute atomic E-state index is 12.0. The van der Waals surface area contributed by atoms with Gasteiger partial charge in [-0.1, -0.05) is 31.9 Å². The second kappa shape index (κ2) is 7.76. The second-order valence-corrected chi connectivity index (χ2v) is 5.82. The van der Waals surface area contributed by atoms with E-state index >= 15 is 0 Å². The average Bonchev–Trinajstić information content (AvgIpc) is 2.36. The summed E-state index contributed by atoms with van der Waals surface area (Å²) in [6, 6.07) is 5.28. The number of methoxy groups -OCH3 is 2. The van der Waals surface area contributed by atoms with Crippen LogP contribution in [0.2, 0.25) is 0 Å². The number of carbonyl (C=O) groups is 1. The summed E-state index contributed by atoms with van der Waals surface area (Å²) in [4.78, 5) is 12.1. The van der Waals surface area contributed by atoms with Crippen LogP contribution in [-0.4, -0.2) is 38.1 Å². The van der Waals surface area contributed by atoms with E-state index in [0.717, 1.165) is 4.47 Å². The maximum Gasteiger partial charge on any atom is 0.255 e. The normalized spacial score (nSPS) is 12.0. The Morgan fingerprint density at radius 2 is 2.17 bits per heavy atom. The molecule has 0 aliphatic heterocycles. The molecular weight excluding hydrogens is 366 g/mol. The number of hydrogen-bond acceptors (Lipinski definition) is 3. The molecule has 0 fully saturated rings. The monoisotopic (exact) mass is 379 g/mol. The van der Waals surface area contributed by atoms with Gasteiger partial charge in [0.05, 0.1) is 24.1 Å². The predicted octanol–water partition coefficient (Wildman–Crippen LogP) is 2.60. The van der Waals surface area contributed by atoms with Crippen LogP contribution in [0.25, 0.3) is 0 Å². The van der Waals surface area contributed by atoms with Crippen molar-refractivity contribution in [3.8, 4) is 5.75 Å². The summed E-state index contributed by atoms with van der Waals surface area (Å²) < 4.78 is 11.0. The van der Waals surface area contributed by atoms with Crippen LogP contribution in [0.15, 0.2) is 22.7 Å². The van der Waals surface area contributed by atoms with E-state index in [-0.39, 0.29) is 10.7 Å². The van der Waals surface area contributed by atoms with Crippen LogP contribution in [0.4, 0.5) is 0 Å². The first-order valence-corrected chi connectivity index (χ1v) is 7.04. The SMILES string of the molecule is COCC(Br)CNC(=O)c1ccc(Br)cc1OC. The van der Waals surface area contributed by atoms with Crippen molar-refractivity contribution in [1.82, 2.24) is 5.32 Å². The van der Waals surface area contributed by atoms with Crippen molar-refractivity contribution >= 4 is 37.8 Å². The van der Waals surface area contributed by atoms with Gasteiger partial charge in [0, 0.05) is 18.1 Å². The lowest BCUT2D eigenvalue weighted by atomic mass is 10.2. The van der Waals surface area contributed by atoms with Crippen molar-refractivity contribution in [3.05, 3.63) is 28.2 Å². The summed E-state index contributed by atoms with van der Waals surface area (Å²) in [5.41, 5.74) is 0.512. The Balaban J connectivity index is 2.66. The zero-order valence-corrected chi connectivity index (χ0v) is 13.4. The first kappa shape index (κ1) is 15.5. The highest BCUT2D eigenvalue weighted by molar-refractivity contribution is 9.10. The molecule has 0 heterocycles. The van der Waals surface area contributed by atoms with E-state index in [1.165, 1.54) is 7.11 Å². The summed E-state index contributed by atoms with van der Waals surface area (Å²) in [6.07, 6.45) is 0. The minimum absolute atomic E-state index is 0.0906. The molecule has 1 unspecified atom stereocenters. The summed E-state index contributed by atoms with van der Waals surface area (Å²) in [5.74, 6) is 0.375. The number of ether oxygens (including phenoxy) is 2. The number of nitrogens with one attached hydrogen (secondary N) is 1. The Morgan fingerprint density at radius 3 is 2.78 bits per heavy atom. The quantitative estimate of drug-likeness (QED) is 0.771. The van der Waals surface area contributed by atoms with Crippen LogP contribution in [0, 0.1) is 0 Å². The molecule has 0 saturated carbocycles. The molecule has 6 heteroatoms. The summed E-state index contributed by atoms with van der Waals surface area (Å²) in [7, 11) is 3.16. The number of carbonyl (C=O) groups excluding carboxylic acids is 1. The van der Waals surface area contributed by atoms with Gasteiger partial charge in [0.15, 0.2) is 0 Å². The minimum atomic E-state index is -0.167. The number of halogens is 2. The van der Waals surface area contributed by atoms with Crippen LogP contribution in [0.5, 0.6) is 5.75 Å². The smallest absolute Gasteiger partial charge is 0.255 e. The van der Waals surface area contributed by atoms with Crippen LogP contribution >= 0.6 is 31.9 Å². The van der Waals surface area contributed by atoms with Gasteiger partial charge in [0.25, 0.3) is 5.91 Å². The first-order chi connectivity index (χ1) is 8.58. The van der Waals surface area contributed by atoms with Crippen molar-refractivity contribution in [1.29, 1.82) is 0 Å². The molecular formula is C12H15Br2NO3. The zero-order chi connectivity index (χ0) is 13.5. The molecule has 18 heavy (non-hydrogen) atoms. The molecule has 100 valence electrons. The van der Waals surface area contributed by atoms with E-state index in [0.29, 0.717) is 24.5 Å². The van der Waals surface area contributed by atoms with Crippen molar-refractivity contribution in [2.75, 3.05) is 27.4 Å². The Kier molecular flexibility index (Phi) is 6.67. The third kappa shape index (κ3) is 4.59. The van der Waals surface area contributed by atoms with Crippen molar-refractivity contribution < 1.29 is 14.3 Å². The van der Waals surface area contributed by atoms with Gasteiger partial charge < -0.3 is 14.8 Å². The van der Waals surface area contributed by atoms with Gasteiger partial charge in [-0.05, 0) is 18.2 Å². The second-order valence-electron chi connectivity index (χ2n) is 3.61. The Bertz CT molecular complexity index is 412. The number of alkyl halides is 1. The molecule has 0 aromatic heterocycles. The highest BCUT2D eigenvalue weighted by Gasteiger charge is 2.13. The van der Waals surface area contributed by atoms with E-state index < -0.39 is 0 Å². The van der Waals surface area contributed by atoms with Gasteiger partial charge in [0.1, 0.15) is 5.75 Å². The van der Waals surface area contributed by atoms with Gasteiger partial charge >= 0.3 is 0 Å². The molecule has 1 atom stereocenters. The standard InChI is InChI=1S/C12H15Br2NO3/c1-17-7-9(14)6-15-12(16)10-4-3-8(13)5-11(10)18-2/h3-5,9H,6-7H2,1-2H3,(H,15,16). The molecule has 0 saturated heterocycles. The van der Waals surface area contributed by atoms with E-state index in [1.54, 1.807) is 25.3 Å². The molecule has 0 aliphatic carbocycles. The molecule has 1 aromatic carbocycles. The predicted molar refractivity (Wildman–Crippen MR) is 77.6 cm³/mol. The Hall–Kier alpha value is -0.590. The number of amides is 1. The minimum Gasteiger partial charge on any atom is -0.496 e. The fourth-order valence-corrected chi connectivity index (χ4v) is 2.16. The Morgan fingerprint density at radius 1 is 1.44 bits per heavy atom. The van der Waals surface area contributed by atoms with E-state index in [2.05, 4.69) is 37.2 Å². The van der Waals surface area contributed by atoms with Gasteiger partial charge in [-0.25, -0.2) is 0 Å². The molecule has 1 N–H and O–H groups in total. The van der Waals surface area contributed by atoms with Crippen LogP contribution in [-0.2, 0) is 4.74 Å². The molecule has 1 aromatic rings. The summed E-state index contributed by atoms with van der Waals surface area (Å²) in [5, 5.41) is 2.82. The molecule has 1 rings (SSSR count). The van der Waals surface area contributed by atoms with Crippen LogP contribution in [0.3, 0.4) is 0 Å². The molecule has 0 bridgehead atoms. The number of rotatable bonds is 6. The zero-order valence-electron chi connectivity index (χ0n) is 10.2. The number of benzene rings is 1. The first-order valence-electron chi connectivity index (χ1n) is 5.33. The highest BCUT2D eigenvalue weighted by Crippen LogP contribution is 2.23. The summed E-state index contributed by atoms with van der Waals surface area (Å²) in [6.45, 7) is 1.03. The van der Waals surface area contributed by atoms with Gasteiger partial charge in [0.2, 0.25) is 0 Å². The Labute approximate surface area is 123 Å². The molecule has 4 nitrogen and oxygen atoms in total. The number of hydrogen-bond donors (Lipinski definition) is 1. The lowest BCUT2D eigenvalue weighted by Gasteiger charge is -2.12. The molecule has 0 aliphatic rings. The largest absolute Gasteiger partial charge is 0.496 e. The van der Waals surface area contributed by atoms with Gasteiger partial charge in [-0.15, -0.1) is 0 Å². The van der Waals surface area contributed by atoms with Gasteiger partial charge in [-0.3, -0.25) is 4.79 Å². The fraction of sp³-hybridized carbons (Fsp3) is 0.417. The van der Waals surface area contributed by atoms with Crippen molar-refractivity contribution in [2.45, 2.75) is 4.83 Å². The van der Waals surface area contributed by atoms with Gasteiger partial charge in [-0.2, -0.15) is 0 Å². The lowest BCUT2D eigenvalue weighted by molar-refractivity contribution is 0.0947. The maximum atomic E-state index is 12.0. The average molecular weight is 381 g/mol. The lowest BCUT2D eigenvalue weighted by Crippen LogP contribution is -2.31. The third-order valence-corrected chi connectivity index (χ3v) is 3.32. The van der Waals surface area contributed by atoms with Crippen LogP contribution in [0.1, 0.15) is 10.4 Å². The van der Waals surface area contributed by atoms with Crippen LogP contribution < -0.4 is 10.1 Å². The van der Waals surface area contributed by atoms with Crippen molar-refractivity contribution in [3.63, 3.8) is 0 Å². The molecule has 0 radical (unpaired) electrons. The topological polar surface area (TPSA) is 47.6 Å². The van der Waals surface area contributed by atoms with Crippen molar-refractivity contribution in [2.24, 2.45) is 0 Å². The highest BCUT2D eigenvalue weighted by atomic mass is 79.9. The van der Waals surface area contributed by atoms with E-state index in [9.17, 15) is 4.79 Å². The molecule has 1 amide bonds. The molecule has 0 spiro atoms. The van der Waals surface area contributed by atoms with E-state index in [1.807, 2.05) is 0 Å². The van der Waals surface area contributed by atoms with E-state index in [4.69, 9.17) is 9.47 Å². The fourth-order valence-electron chi connectivity index (χ4n) is 1.39. The summed E-state index contributed by atoms with van der Waals surface area (Å²) >= 11 is 6.74.